The molecule has 0 radical (unpaired) electrons. The fourth-order valence-corrected chi connectivity index (χ4v) is 3.16. The van der Waals surface area contributed by atoms with Gasteiger partial charge in [0.05, 0.1) is 11.3 Å². The molecule has 0 saturated carbocycles. The zero-order valence-corrected chi connectivity index (χ0v) is 16.2. The van der Waals surface area contributed by atoms with Crippen molar-refractivity contribution in [2.24, 2.45) is 0 Å². The molecule has 10 heteroatoms. The first-order valence-corrected chi connectivity index (χ1v) is 9.18. The molecule has 1 amide bonds. The molecular weight excluding hydrogens is 415 g/mol. The standard InChI is InChI=1S/C21H16F3N3O4/c1-12-8-16(28)19(26-27(12)15-5-3-2-4-14(15)21(22,23)24)20(29)25-10-13-6-7-17-18(9-13)31-11-30-17/h2-9H,10-11H2,1H3,(H,25,29). The Kier molecular flexibility index (Phi) is 5.14. The van der Waals surface area contributed by atoms with Crippen molar-refractivity contribution in [2.75, 3.05) is 6.79 Å². The molecule has 1 aliphatic heterocycles. The number of nitrogens with zero attached hydrogens (tertiary/aromatic N) is 2. The van der Waals surface area contributed by atoms with E-state index in [1.54, 1.807) is 18.2 Å². The summed E-state index contributed by atoms with van der Waals surface area (Å²) >= 11 is 0. The summed E-state index contributed by atoms with van der Waals surface area (Å²) in [5, 5.41) is 6.49. The van der Waals surface area contributed by atoms with Crippen molar-refractivity contribution in [1.29, 1.82) is 0 Å². The molecular formula is C21H16F3N3O4. The normalized spacial score (nSPS) is 12.6. The maximum Gasteiger partial charge on any atom is 0.418 e. The number of fused-ring (bicyclic) bond motifs is 1. The van der Waals surface area contributed by atoms with Gasteiger partial charge in [-0.25, -0.2) is 4.68 Å². The van der Waals surface area contributed by atoms with Gasteiger partial charge in [-0.15, -0.1) is 0 Å². The maximum atomic E-state index is 13.4. The second-order valence-corrected chi connectivity index (χ2v) is 6.80. The minimum Gasteiger partial charge on any atom is -0.454 e. The van der Waals surface area contributed by atoms with Crippen LogP contribution in [0.4, 0.5) is 13.2 Å². The Morgan fingerprint density at radius 1 is 1.13 bits per heavy atom. The van der Waals surface area contributed by atoms with Gasteiger partial charge in [-0.1, -0.05) is 18.2 Å². The van der Waals surface area contributed by atoms with Gasteiger partial charge in [0.2, 0.25) is 12.2 Å². The van der Waals surface area contributed by atoms with E-state index in [4.69, 9.17) is 9.47 Å². The molecule has 0 bridgehead atoms. The van der Waals surface area contributed by atoms with E-state index in [0.29, 0.717) is 17.1 Å². The van der Waals surface area contributed by atoms with Crippen LogP contribution < -0.4 is 20.2 Å². The Morgan fingerprint density at radius 2 is 1.87 bits per heavy atom. The van der Waals surface area contributed by atoms with Gasteiger partial charge in [-0.2, -0.15) is 18.3 Å². The number of halogens is 3. The Bertz CT molecular complexity index is 1220. The second-order valence-electron chi connectivity index (χ2n) is 6.80. The molecule has 0 unspecified atom stereocenters. The first-order chi connectivity index (χ1) is 14.7. The molecule has 1 aliphatic rings. The number of hydrogen-bond acceptors (Lipinski definition) is 5. The number of para-hydroxylation sites is 1. The highest BCUT2D eigenvalue weighted by atomic mass is 19.4. The van der Waals surface area contributed by atoms with Gasteiger partial charge in [-0.3, -0.25) is 9.59 Å². The molecule has 31 heavy (non-hydrogen) atoms. The largest absolute Gasteiger partial charge is 0.454 e. The SMILES string of the molecule is Cc1cc(=O)c(C(=O)NCc2ccc3c(c2)OCO3)nn1-c1ccccc1C(F)(F)F. The third kappa shape index (κ3) is 4.09. The number of hydrogen-bond donors (Lipinski definition) is 1. The van der Waals surface area contributed by atoms with Gasteiger partial charge in [0.1, 0.15) is 0 Å². The minimum absolute atomic E-state index is 0.0591. The Hall–Kier alpha value is -3.82. The predicted molar refractivity (Wildman–Crippen MR) is 103 cm³/mol. The summed E-state index contributed by atoms with van der Waals surface area (Å²) in [6, 6.07) is 11.0. The number of aryl methyl sites for hydroxylation is 1. The van der Waals surface area contributed by atoms with Crippen LogP contribution >= 0.6 is 0 Å². The van der Waals surface area contributed by atoms with Gasteiger partial charge >= 0.3 is 6.18 Å². The lowest BCUT2D eigenvalue weighted by Gasteiger charge is -2.16. The van der Waals surface area contributed by atoms with Crippen molar-refractivity contribution in [3.8, 4) is 17.2 Å². The van der Waals surface area contributed by atoms with Gasteiger partial charge in [0.25, 0.3) is 5.91 Å². The van der Waals surface area contributed by atoms with Crippen LogP contribution in [-0.4, -0.2) is 22.5 Å². The summed E-state index contributed by atoms with van der Waals surface area (Å²) in [5.74, 6) is 0.314. The van der Waals surface area contributed by atoms with E-state index >= 15 is 0 Å². The number of carbonyl (C=O) groups excluding carboxylic acids is 1. The molecule has 0 atom stereocenters. The molecule has 4 rings (SSSR count). The lowest BCUT2D eigenvalue weighted by atomic mass is 10.1. The van der Waals surface area contributed by atoms with Gasteiger partial charge in [0.15, 0.2) is 17.2 Å². The van der Waals surface area contributed by atoms with Crippen molar-refractivity contribution in [3.05, 3.63) is 81.3 Å². The van der Waals surface area contributed by atoms with Crippen molar-refractivity contribution >= 4 is 5.91 Å². The molecule has 160 valence electrons. The van der Waals surface area contributed by atoms with Gasteiger partial charge < -0.3 is 14.8 Å². The zero-order valence-electron chi connectivity index (χ0n) is 16.2. The van der Waals surface area contributed by atoms with Crippen molar-refractivity contribution in [3.63, 3.8) is 0 Å². The number of nitrogens with one attached hydrogen (secondary N) is 1. The lowest BCUT2D eigenvalue weighted by molar-refractivity contribution is -0.137. The van der Waals surface area contributed by atoms with Crippen molar-refractivity contribution in [2.45, 2.75) is 19.6 Å². The molecule has 2 heterocycles. The Balaban J connectivity index is 1.63. The third-order valence-electron chi connectivity index (χ3n) is 4.65. The van der Waals surface area contributed by atoms with E-state index in [9.17, 15) is 22.8 Å². The van der Waals surface area contributed by atoms with E-state index < -0.39 is 28.8 Å². The molecule has 7 nitrogen and oxygen atoms in total. The van der Waals surface area contributed by atoms with Gasteiger partial charge in [-0.05, 0) is 36.8 Å². The molecule has 0 saturated heterocycles. The van der Waals surface area contributed by atoms with Crippen LogP contribution in [0.2, 0.25) is 0 Å². The van der Waals surface area contributed by atoms with Crippen molar-refractivity contribution < 1.29 is 27.4 Å². The molecule has 0 spiro atoms. The number of benzene rings is 2. The average molecular weight is 431 g/mol. The average Bonchev–Trinajstić information content (AvgIpc) is 3.19. The van der Waals surface area contributed by atoms with E-state index in [-0.39, 0.29) is 24.7 Å². The molecule has 0 aliphatic carbocycles. The molecule has 2 aromatic carbocycles. The van der Waals surface area contributed by atoms with E-state index in [1.165, 1.54) is 25.1 Å². The molecule has 1 aromatic heterocycles. The van der Waals surface area contributed by atoms with E-state index in [2.05, 4.69) is 10.4 Å². The number of carbonyl (C=O) groups is 1. The Labute approximate surface area is 174 Å². The number of aromatic nitrogens is 2. The van der Waals surface area contributed by atoms with Crippen LogP contribution in [0.25, 0.3) is 5.69 Å². The van der Waals surface area contributed by atoms with Crippen LogP contribution in [0.1, 0.15) is 27.3 Å². The maximum absolute atomic E-state index is 13.4. The summed E-state index contributed by atoms with van der Waals surface area (Å²) in [4.78, 5) is 24.9. The smallest absolute Gasteiger partial charge is 0.418 e. The monoisotopic (exact) mass is 431 g/mol. The summed E-state index contributed by atoms with van der Waals surface area (Å²) in [6.45, 7) is 1.61. The zero-order chi connectivity index (χ0) is 22.2. The quantitative estimate of drug-likeness (QED) is 0.686. The summed E-state index contributed by atoms with van der Waals surface area (Å²) < 4.78 is 51.7. The number of rotatable bonds is 4. The molecule has 1 N–H and O–H groups in total. The first-order valence-electron chi connectivity index (χ1n) is 9.18. The summed E-state index contributed by atoms with van der Waals surface area (Å²) in [6.07, 6.45) is -4.63. The predicted octanol–water partition coefficient (Wildman–Crippen LogP) is 3.22. The highest BCUT2D eigenvalue weighted by Crippen LogP contribution is 2.34. The minimum atomic E-state index is -4.63. The number of ether oxygens (including phenoxy) is 2. The number of amides is 1. The third-order valence-corrected chi connectivity index (χ3v) is 4.65. The van der Waals surface area contributed by atoms with Gasteiger partial charge in [0, 0.05) is 18.3 Å². The topological polar surface area (TPSA) is 82.5 Å². The highest BCUT2D eigenvalue weighted by molar-refractivity contribution is 5.92. The summed E-state index contributed by atoms with van der Waals surface area (Å²) in [5.41, 5.74) is -1.57. The highest BCUT2D eigenvalue weighted by Gasteiger charge is 2.34. The van der Waals surface area contributed by atoms with Crippen LogP contribution in [-0.2, 0) is 12.7 Å². The van der Waals surface area contributed by atoms with Crippen molar-refractivity contribution in [1.82, 2.24) is 15.1 Å². The first kappa shape index (κ1) is 20.5. The van der Waals surface area contributed by atoms with Crippen LogP contribution in [0, 0.1) is 6.92 Å². The van der Waals surface area contributed by atoms with E-state index in [0.717, 1.165) is 16.8 Å². The van der Waals surface area contributed by atoms with Crippen LogP contribution in [0.3, 0.4) is 0 Å². The fraction of sp³-hybridized carbons (Fsp3) is 0.190. The van der Waals surface area contributed by atoms with E-state index in [1.807, 2.05) is 0 Å². The molecule has 3 aromatic rings. The lowest BCUT2D eigenvalue weighted by Crippen LogP contribution is -2.32. The Morgan fingerprint density at radius 3 is 2.65 bits per heavy atom. The van der Waals surface area contributed by atoms with Crippen LogP contribution in [0.5, 0.6) is 11.5 Å². The van der Waals surface area contributed by atoms with Crippen LogP contribution in [0.15, 0.2) is 53.3 Å². The number of alkyl halides is 3. The second kappa shape index (κ2) is 7.78. The summed E-state index contributed by atoms with van der Waals surface area (Å²) in [7, 11) is 0. The fourth-order valence-electron chi connectivity index (χ4n) is 3.16. The molecule has 0 fully saturated rings.